The monoisotopic (exact) mass is 517 g/mol. The first-order chi connectivity index (χ1) is 16.7. The lowest BCUT2D eigenvalue weighted by molar-refractivity contribution is 0.0297. The first-order valence-corrected chi connectivity index (χ1v) is 13.3. The summed E-state index contributed by atoms with van der Waals surface area (Å²) < 4.78 is 5.44. The normalized spacial score (nSPS) is 20.8. The zero-order valence-electron chi connectivity index (χ0n) is 21.2. The van der Waals surface area contributed by atoms with Gasteiger partial charge in [0.05, 0.1) is 23.2 Å². The van der Waals surface area contributed by atoms with Gasteiger partial charge < -0.3 is 19.9 Å². The molecular formula is C28H37Cl2N3O2. The number of hydrogen-bond acceptors (Lipinski definition) is 3. The number of rotatable bonds is 8. The fraction of sp³-hybridized carbons (Fsp3) is 0.536. The largest absolute Gasteiger partial charge is 0.497 e. The van der Waals surface area contributed by atoms with Crippen LogP contribution in [0.25, 0.3) is 0 Å². The number of urea groups is 1. The Kier molecular flexibility index (Phi) is 8.19. The van der Waals surface area contributed by atoms with E-state index in [1.54, 1.807) is 13.2 Å². The standard InChI is InChI=1S/C28H37Cl2N3O2/c1-28(2)18-32(3)14-13-25(28)33(17-20-7-5-8-21(15-20)35-4)27(34)31-24(16-19-11-12-19)22-9-6-10-23(29)26(22)30/h5-10,15,19,24-25H,11-14,16-18H2,1-4H3,(H,31,34). The summed E-state index contributed by atoms with van der Waals surface area (Å²) >= 11 is 13.0. The van der Waals surface area contributed by atoms with Gasteiger partial charge in [0.1, 0.15) is 5.75 Å². The van der Waals surface area contributed by atoms with Crippen LogP contribution in [0.2, 0.25) is 10.0 Å². The summed E-state index contributed by atoms with van der Waals surface area (Å²) in [7, 11) is 3.82. The highest BCUT2D eigenvalue weighted by molar-refractivity contribution is 6.42. The number of methoxy groups -OCH3 is 1. The van der Waals surface area contributed by atoms with Crippen molar-refractivity contribution in [1.29, 1.82) is 0 Å². The van der Waals surface area contributed by atoms with Gasteiger partial charge in [-0.1, -0.05) is 74.2 Å². The van der Waals surface area contributed by atoms with Crippen LogP contribution in [0.4, 0.5) is 4.79 Å². The van der Waals surface area contributed by atoms with E-state index in [9.17, 15) is 4.79 Å². The van der Waals surface area contributed by atoms with Crippen LogP contribution in [0.15, 0.2) is 42.5 Å². The molecular weight excluding hydrogens is 481 g/mol. The molecule has 2 aliphatic rings. The first kappa shape index (κ1) is 26.1. The highest BCUT2D eigenvalue weighted by Gasteiger charge is 2.41. The van der Waals surface area contributed by atoms with E-state index < -0.39 is 0 Å². The molecule has 7 heteroatoms. The van der Waals surface area contributed by atoms with Crippen molar-refractivity contribution in [2.24, 2.45) is 11.3 Å². The number of likely N-dealkylation sites (tertiary alicyclic amines) is 1. The van der Waals surface area contributed by atoms with Gasteiger partial charge in [-0.05, 0) is 67.1 Å². The number of amides is 2. The van der Waals surface area contributed by atoms with Crippen LogP contribution in [0.3, 0.4) is 0 Å². The fourth-order valence-corrected chi connectivity index (χ4v) is 5.89. The molecule has 0 radical (unpaired) electrons. The van der Waals surface area contributed by atoms with Gasteiger partial charge >= 0.3 is 6.03 Å². The fourth-order valence-electron chi connectivity index (χ4n) is 5.45. The van der Waals surface area contributed by atoms with Crippen LogP contribution in [-0.2, 0) is 6.54 Å². The summed E-state index contributed by atoms with van der Waals surface area (Å²) in [4.78, 5) is 18.4. The van der Waals surface area contributed by atoms with Crippen molar-refractivity contribution in [2.75, 3.05) is 27.2 Å². The number of carbonyl (C=O) groups excluding carboxylic acids is 1. The van der Waals surface area contributed by atoms with Gasteiger partial charge in [0, 0.05) is 19.1 Å². The van der Waals surface area contributed by atoms with Gasteiger partial charge in [-0.3, -0.25) is 0 Å². The van der Waals surface area contributed by atoms with Crippen molar-refractivity contribution >= 4 is 29.2 Å². The Morgan fingerprint density at radius 2 is 1.94 bits per heavy atom. The molecule has 2 atom stereocenters. The minimum Gasteiger partial charge on any atom is -0.497 e. The van der Waals surface area contributed by atoms with Crippen LogP contribution in [0, 0.1) is 11.3 Å². The van der Waals surface area contributed by atoms with Gasteiger partial charge in [0.15, 0.2) is 0 Å². The molecule has 0 bridgehead atoms. The van der Waals surface area contributed by atoms with E-state index in [4.69, 9.17) is 27.9 Å². The molecule has 0 aromatic heterocycles. The molecule has 0 spiro atoms. The second-order valence-electron chi connectivity index (χ2n) is 10.8. The molecule has 190 valence electrons. The summed E-state index contributed by atoms with van der Waals surface area (Å²) in [5.74, 6) is 1.41. The molecule has 2 fully saturated rings. The minimum atomic E-state index is -0.177. The van der Waals surface area contributed by atoms with E-state index in [0.717, 1.165) is 42.8 Å². The zero-order chi connectivity index (χ0) is 25.2. The summed E-state index contributed by atoms with van der Waals surface area (Å²) in [6.45, 7) is 6.93. The Labute approximate surface area is 219 Å². The van der Waals surface area contributed by atoms with Crippen LogP contribution in [0.1, 0.15) is 56.7 Å². The Bertz CT molecular complexity index is 1040. The number of nitrogens with one attached hydrogen (secondary N) is 1. The van der Waals surface area contributed by atoms with Crippen LogP contribution in [-0.4, -0.2) is 49.1 Å². The summed E-state index contributed by atoms with van der Waals surface area (Å²) in [5, 5.41) is 4.41. The van der Waals surface area contributed by atoms with Crippen LogP contribution in [0.5, 0.6) is 5.75 Å². The van der Waals surface area contributed by atoms with E-state index in [1.165, 1.54) is 12.8 Å². The van der Waals surface area contributed by atoms with Crippen molar-refractivity contribution in [3.8, 4) is 5.75 Å². The van der Waals surface area contributed by atoms with E-state index in [0.29, 0.717) is 22.5 Å². The van der Waals surface area contributed by atoms with Gasteiger partial charge in [-0.25, -0.2) is 4.79 Å². The summed E-state index contributed by atoms with van der Waals surface area (Å²) in [5.41, 5.74) is 1.89. The number of benzene rings is 2. The van der Waals surface area contributed by atoms with E-state index in [2.05, 4.69) is 37.2 Å². The maximum Gasteiger partial charge on any atom is 0.318 e. The third-order valence-corrected chi connectivity index (χ3v) is 8.24. The number of ether oxygens (including phenoxy) is 1. The average Bonchev–Trinajstić information content (AvgIpc) is 3.63. The SMILES string of the molecule is COc1cccc(CN(C(=O)NC(CC2CC2)c2cccc(Cl)c2Cl)C2CCN(C)CC2(C)C)c1. The average molecular weight is 519 g/mol. The van der Waals surface area contributed by atoms with Crippen molar-refractivity contribution < 1.29 is 9.53 Å². The Hall–Kier alpha value is -1.95. The van der Waals surface area contributed by atoms with Gasteiger partial charge in [0.25, 0.3) is 0 Å². The predicted molar refractivity (Wildman–Crippen MR) is 143 cm³/mol. The molecule has 1 heterocycles. The number of piperidine rings is 1. The Balaban J connectivity index is 1.64. The van der Waals surface area contributed by atoms with E-state index in [-0.39, 0.29) is 23.5 Å². The van der Waals surface area contributed by atoms with Gasteiger partial charge in [-0.15, -0.1) is 0 Å². The molecule has 1 aliphatic heterocycles. The summed E-state index contributed by atoms with van der Waals surface area (Å²) in [6.07, 6.45) is 4.18. The lowest BCUT2D eigenvalue weighted by atomic mass is 9.78. The number of halogens is 2. The van der Waals surface area contributed by atoms with E-state index in [1.807, 2.05) is 35.2 Å². The quantitative estimate of drug-likeness (QED) is 0.419. The number of hydrogen-bond donors (Lipinski definition) is 1. The minimum absolute atomic E-state index is 0.0527. The second-order valence-corrected chi connectivity index (χ2v) is 11.6. The summed E-state index contributed by atoms with van der Waals surface area (Å²) in [6, 6.07) is 13.5. The molecule has 2 unspecified atom stereocenters. The molecule has 2 aromatic carbocycles. The lowest BCUT2D eigenvalue weighted by Crippen LogP contribution is -2.58. The van der Waals surface area contributed by atoms with Crippen molar-refractivity contribution in [3.05, 3.63) is 63.6 Å². The van der Waals surface area contributed by atoms with Crippen molar-refractivity contribution in [1.82, 2.24) is 15.1 Å². The van der Waals surface area contributed by atoms with E-state index >= 15 is 0 Å². The lowest BCUT2D eigenvalue weighted by Gasteiger charge is -2.48. The smallest absolute Gasteiger partial charge is 0.318 e. The maximum atomic E-state index is 14.0. The predicted octanol–water partition coefficient (Wildman–Crippen LogP) is 6.79. The molecule has 2 amide bonds. The number of nitrogens with zero attached hydrogens (tertiary/aromatic N) is 2. The molecule has 1 saturated heterocycles. The molecule has 5 nitrogen and oxygen atoms in total. The number of carbonyl (C=O) groups is 1. The first-order valence-electron chi connectivity index (χ1n) is 12.5. The molecule has 35 heavy (non-hydrogen) atoms. The topological polar surface area (TPSA) is 44.8 Å². The van der Waals surface area contributed by atoms with Crippen LogP contribution < -0.4 is 10.1 Å². The zero-order valence-corrected chi connectivity index (χ0v) is 22.7. The highest BCUT2D eigenvalue weighted by Crippen LogP contribution is 2.41. The third-order valence-electron chi connectivity index (χ3n) is 7.41. The van der Waals surface area contributed by atoms with Crippen molar-refractivity contribution in [2.45, 2.75) is 58.2 Å². The van der Waals surface area contributed by atoms with Gasteiger partial charge in [0.2, 0.25) is 0 Å². The Morgan fingerprint density at radius 3 is 2.63 bits per heavy atom. The molecule has 2 aromatic rings. The molecule has 1 N–H and O–H groups in total. The van der Waals surface area contributed by atoms with Gasteiger partial charge in [-0.2, -0.15) is 0 Å². The second kappa shape index (κ2) is 11.0. The maximum absolute atomic E-state index is 14.0. The molecule has 1 aliphatic carbocycles. The Morgan fingerprint density at radius 1 is 1.20 bits per heavy atom. The van der Waals surface area contributed by atoms with Crippen LogP contribution >= 0.6 is 23.2 Å². The molecule has 1 saturated carbocycles. The molecule has 4 rings (SSSR count). The van der Waals surface area contributed by atoms with Crippen molar-refractivity contribution in [3.63, 3.8) is 0 Å². The third kappa shape index (κ3) is 6.44. The highest BCUT2D eigenvalue weighted by atomic mass is 35.5.